The van der Waals surface area contributed by atoms with E-state index < -0.39 is 0 Å². The van der Waals surface area contributed by atoms with Crippen LogP contribution in [0.1, 0.15) is 5.56 Å². The number of anilines is 1. The number of hydrogen-bond acceptors (Lipinski definition) is 3. The second kappa shape index (κ2) is 8.46. The van der Waals surface area contributed by atoms with E-state index in [9.17, 15) is 0 Å². The first-order chi connectivity index (χ1) is 12.2. The highest BCUT2D eigenvalue weighted by molar-refractivity contribution is 7.80. The Balaban J connectivity index is 1.68. The molecule has 1 heterocycles. The molecule has 1 aromatic heterocycles. The van der Waals surface area contributed by atoms with Crippen molar-refractivity contribution in [2.75, 3.05) is 5.32 Å². The fourth-order valence-electron chi connectivity index (χ4n) is 2.16. The average Bonchev–Trinajstić information content (AvgIpc) is 2.64. The standard InChI is InChI=1S/C19H16ClN3OS/c20-15-8-9-18(24-16-6-2-1-3-7-16)17(11-15)23-19(25)22-13-14-5-4-10-21-12-14/h1-12H,13H2,(H2,22,23,25). The van der Waals surface area contributed by atoms with Gasteiger partial charge in [0.25, 0.3) is 0 Å². The molecule has 0 unspecified atom stereocenters. The van der Waals surface area contributed by atoms with Gasteiger partial charge in [-0.2, -0.15) is 0 Å². The Bertz CT molecular complexity index is 844. The number of pyridine rings is 1. The summed E-state index contributed by atoms with van der Waals surface area (Å²) in [5.74, 6) is 1.38. The van der Waals surface area contributed by atoms with Crippen molar-refractivity contribution in [2.45, 2.75) is 6.54 Å². The maximum Gasteiger partial charge on any atom is 0.171 e. The van der Waals surface area contributed by atoms with E-state index in [1.807, 2.05) is 42.5 Å². The van der Waals surface area contributed by atoms with Crippen molar-refractivity contribution < 1.29 is 4.74 Å². The summed E-state index contributed by atoms with van der Waals surface area (Å²) in [5, 5.41) is 7.34. The molecular formula is C19H16ClN3OS. The van der Waals surface area contributed by atoms with Crippen LogP contribution in [0.25, 0.3) is 0 Å². The molecule has 2 aromatic carbocycles. The molecule has 0 saturated carbocycles. The first kappa shape index (κ1) is 17.2. The zero-order valence-corrected chi connectivity index (χ0v) is 14.8. The molecule has 0 fully saturated rings. The molecule has 25 heavy (non-hydrogen) atoms. The maximum atomic E-state index is 6.11. The third-order valence-corrected chi connectivity index (χ3v) is 3.82. The summed E-state index contributed by atoms with van der Waals surface area (Å²) in [5.41, 5.74) is 1.73. The van der Waals surface area contributed by atoms with Crippen LogP contribution in [-0.2, 0) is 6.54 Å². The minimum absolute atomic E-state index is 0.476. The van der Waals surface area contributed by atoms with Gasteiger partial charge < -0.3 is 15.4 Å². The van der Waals surface area contributed by atoms with Crippen LogP contribution in [0.2, 0.25) is 5.02 Å². The second-order valence-electron chi connectivity index (χ2n) is 5.22. The third-order valence-electron chi connectivity index (χ3n) is 3.34. The van der Waals surface area contributed by atoms with Crippen LogP contribution in [0.4, 0.5) is 5.69 Å². The predicted octanol–water partition coefficient (Wildman–Crippen LogP) is 5.01. The number of aromatic nitrogens is 1. The molecule has 0 aliphatic heterocycles. The Kier molecular flexibility index (Phi) is 5.82. The molecule has 0 bridgehead atoms. The zero-order chi connectivity index (χ0) is 17.5. The van der Waals surface area contributed by atoms with Gasteiger partial charge in [0.15, 0.2) is 10.9 Å². The average molecular weight is 370 g/mol. The number of ether oxygens (including phenoxy) is 1. The van der Waals surface area contributed by atoms with Crippen molar-refractivity contribution in [3.05, 3.63) is 83.6 Å². The van der Waals surface area contributed by atoms with Crippen LogP contribution in [-0.4, -0.2) is 10.1 Å². The van der Waals surface area contributed by atoms with E-state index in [2.05, 4.69) is 15.6 Å². The van der Waals surface area contributed by atoms with Crippen molar-refractivity contribution in [3.63, 3.8) is 0 Å². The molecule has 0 spiro atoms. The van der Waals surface area contributed by atoms with Crippen LogP contribution in [0.3, 0.4) is 0 Å². The summed E-state index contributed by atoms with van der Waals surface area (Å²) in [6, 6.07) is 18.8. The van der Waals surface area contributed by atoms with Crippen LogP contribution in [0.5, 0.6) is 11.5 Å². The molecule has 4 nitrogen and oxygen atoms in total. The fraction of sp³-hybridized carbons (Fsp3) is 0.0526. The molecule has 0 aliphatic carbocycles. The number of halogens is 1. The molecular weight excluding hydrogens is 354 g/mol. The van der Waals surface area contributed by atoms with Crippen molar-refractivity contribution in [3.8, 4) is 11.5 Å². The molecule has 0 radical (unpaired) electrons. The van der Waals surface area contributed by atoms with Gasteiger partial charge in [-0.25, -0.2) is 0 Å². The van der Waals surface area contributed by atoms with Gasteiger partial charge in [-0.3, -0.25) is 4.98 Å². The number of nitrogens with one attached hydrogen (secondary N) is 2. The minimum atomic E-state index is 0.476. The third kappa shape index (κ3) is 5.17. The van der Waals surface area contributed by atoms with Crippen molar-refractivity contribution in [2.24, 2.45) is 0 Å². The van der Waals surface area contributed by atoms with E-state index in [-0.39, 0.29) is 0 Å². The Labute approximate surface area is 156 Å². The SMILES string of the molecule is S=C(NCc1cccnc1)Nc1cc(Cl)ccc1Oc1ccccc1. The monoisotopic (exact) mass is 369 g/mol. The number of rotatable bonds is 5. The largest absolute Gasteiger partial charge is 0.455 e. The summed E-state index contributed by atoms with van der Waals surface area (Å²) in [4.78, 5) is 4.08. The molecule has 6 heteroatoms. The second-order valence-corrected chi connectivity index (χ2v) is 6.07. The lowest BCUT2D eigenvalue weighted by Gasteiger charge is -2.15. The Morgan fingerprint density at radius 3 is 2.68 bits per heavy atom. The smallest absolute Gasteiger partial charge is 0.171 e. The summed E-state index contributed by atoms with van der Waals surface area (Å²) < 4.78 is 5.91. The lowest BCUT2D eigenvalue weighted by atomic mass is 10.3. The lowest BCUT2D eigenvalue weighted by molar-refractivity contribution is 0.485. The highest BCUT2D eigenvalue weighted by Crippen LogP contribution is 2.31. The van der Waals surface area contributed by atoms with Gasteiger partial charge in [-0.05, 0) is 54.2 Å². The van der Waals surface area contributed by atoms with E-state index >= 15 is 0 Å². The minimum Gasteiger partial charge on any atom is -0.455 e. The topological polar surface area (TPSA) is 46.2 Å². The predicted molar refractivity (Wildman–Crippen MR) is 105 cm³/mol. The summed E-state index contributed by atoms with van der Waals surface area (Å²) >= 11 is 11.5. The number of hydrogen-bond donors (Lipinski definition) is 2. The number of para-hydroxylation sites is 1. The maximum absolute atomic E-state index is 6.11. The first-order valence-electron chi connectivity index (χ1n) is 7.67. The van der Waals surface area contributed by atoms with Crippen LogP contribution in [0, 0.1) is 0 Å². The number of benzene rings is 2. The molecule has 2 N–H and O–H groups in total. The van der Waals surface area contributed by atoms with Gasteiger partial charge in [0, 0.05) is 24.0 Å². The Morgan fingerprint density at radius 2 is 1.92 bits per heavy atom. The van der Waals surface area contributed by atoms with E-state index in [0.717, 1.165) is 11.3 Å². The van der Waals surface area contributed by atoms with Crippen molar-refractivity contribution >= 4 is 34.6 Å². The normalized spacial score (nSPS) is 10.1. The lowest BCUT2D eigenvalue weighted by Crippen LogP contribution is -2.28. The van der Waals surface area contributed by atoms with Gasteiger partial charge in [0.1, 0.15) is 5.75 Å². The highest BCUT2D eigenvalue weighted by atomic mass is 35.5. The zero-order valence-electron chi connectivity index (χ0n) is 13.3. The van der Waals surface area contributed by atoms with Crippen LogP contribution >= 0.6 is 23.8 Å². The van der Waals surface area contributed by atoms with Gasteiger partial charge in [-0.1, -0.05) is 35.9 Å². The molecule has 0 atom stereocenters. The molecule has 126 valence electrons. The van der Waals surface area contributed by atoms with Gasteiger partial charge in [0.05, 0.1) is 5.69 Å². The summed E-state index contributed by atoms with van der Waals surface area (Å²) in [7, 11) is 0. The molecule has 3 rings (SSSR count). The molecule has 0 amide bonds. The van der Waals surface area contributed by atoms with E-state index in [1.54, 1.807) is 30.6 Å². The Hall–Kier alpha value is -2.63. The Morgan fingerprint density at radius 1 is 1.08 bits per heavy atom. The molecule has 3 aromatic rings. The first-order valence-corrected chi connectivity index (χ1v) is 8.45. The van der Waals surface area contributed by atoms with Gasteiger partial charge in [-0.15, -0.1) is 0 Å². The number of nitrogens with zero attached hydrogens (tertiary/aromatic N) is 1. The van der Waals surface area contributed by atoms with Crippen LogP contribution < -0.4 is 15.4 Å². The molecule has 0 aliphatic rings. The summed E-state index contributed by atoms with van der Waals surface area (Å²) in [6.45, 7) is 0.578. The summed E-state index contributed by atoms with van der Waals surface area (Å²) in [6.07, 6.45) is 3.53. The van der Waals surface area contributed by atoms with Crippen molar-refractivity contribution in [1.82, 2.24) is 10.3 Å². The fourth-order valence-corrected chi connectivity index (χ4v) is 2.51. The van der Waals surface area contributed by atoms with Crippen LogP contribution in [0.15, 0.2) is 73.1 Å². The van der Waals surface area contributed by atoms with Crippen molar-refractivity contribution in [1.29, 1.82) is 0 Å². The van der Waals surface area contributed by atoms with Gasteiger partial charge in [0.2, 0.25) is 0 Å². The van der Waals surface area contributed by atoms with E-state index in [0.29, 0.717) is 28.1 Å². The van der Waals surface area contributed by atoms with E-state index in [1.165, 1.54) is 0 Å². The van der Waals surface area contributed by atoms with E-state index in [4.69, 9.17) is 28.6 Å². The highest BCUT2D eigenvalue weighted by Gasteiger charge is 2.08. The molecule has 0 saturated heterocycles. The quantitative estimate of drug-likeness (QED) is 0.619. The number of thiocarbonyl (C=S) groups is 1. The van der Waals surface area contributed by atoms with Gasteiger partial charge >= 0.3 is 0 Å².